The number of nitrogens with zero attached hydrogens (tertiary/aromatic N) is 1. The SMILES string of the molecule is O=C1CCC(N2Cc3ccc(C(=O)NC(=O)c4ccc(OC(F)(F)F)cc4)cc3C2=O)C(=O)N1. The molecule has 0 saturated carbocycles. The number of benzene rings is 2. The predicted molar refractivity (Wildman–Crippen MR) is 107 cm³/mol. The normalized spacial score (nSPS) is 17.8. The third-order valence-corrected chi connectivity index (χ3v) is 5.37. The van der Waals surface area contributed by atoms with Crippen LogP contribution in [-0.2, 0) is 16.1 Å². The molecule has 1 fully saturated rings. The van der Waals surface area contributed by atoms with Gasteiger partial charge in [-0.2, -0.15) is 0 Å². The van der Waals surface area contributed by atoms with Crippen molar-refractivity contribution in [3.63, 3.8) is 0 Å². The van der Waals surface area contributed by atoms with Gasteiger partial charge in [-0.15, -0.1) is 13.2 Å². The van der Waals surface area contributed by atoms with Gasteiger partial charge in [0.15, 0.2) is 0 Å². The van der Waals surface area contributed by atoms with Crippen LogP contribution in [0.3, 0.4) is 0 Å². The summed E-state index contributed by atoms with van der Waals surface area (Å²) in [6, 6.07) is 7.42. The van der Waals surface area contributed by atoms with Gasteiger partial charge in [-0.25, -0.2) is 0 Å². The summed E-state index contributed by atoms with van der Waals surface area (Å²) < 4.78 is 40.4. The van der Waals surface area contributed by atoms with E-state index >= 15 is 0 Å². The Bertz CT molecular complexity index is 1210. The second-order valence-electron chi connectivity index (χ2n) is 7.63. The highest BCUT2D eigenvalue weighted by Crippen LogP contribution is 2.28. The monoisotopic (exact) mass is 475 g/mol. The number of amides is 5. The van der Waals surface area contributed by atoms with Crippen LogP contribution in [0.1, 0.15) is 49.5 Å². The van der Waals surface area contributed by atoms with Crippen molar-refractivity contribution in [2.45, 2.75) is 31.8 Å². The number of imide groups is 2. The Labute approximate surface area is 189 Å². The average molecular weight is 475 g/mol. The average Bonchev–Trinajstić information content (AvgIpc) is 3.08. The van der Waals surface area contributed by atoms with Crippen molar-refractivity contribution in [3.8, 4) is 5.75 Å². The summed E-state index contributed by atoms with van der Waals surface area (Å²) in [5, 5.41) is 4.30. The van der Waals surface area contributed by atoms with Gasteiger partial charge in [0.2, 0.25) is 11.8 Å². The summed E-state index contributed by atoms with van der Waals surface area (Å²) in [6.07, 6.45) is -4.58. The minimum Gasteiger partial charge on any atom is -0.406 e. The first-order chi connectivity index (χ1) is 16.0. The number of hydrogen-bond donors (Lipinski definition) is 2. The molecule has 0 bridgehead atoms. The fourth-order valence-electron chi connectivity index (χ4n) is 3.75. The molecule has 34 heavy (non-hydrogen) atoms. The van der Waals surface area contributed by atoms with Crippen LogP contribution in [0.15, 0.2) is 42.5 Å². The molecule has 12 heteroatoms. The van der Waals surface area contributed by atoms with Crippen LogP contribution in [0.4, 0.5) is 13.2 Å². The van der Waals surface area contributed by atoms with Crippen LogP contribution in [0, 0.1) is 0 Å². The lowest BCUT2D eigenvalue weighted by molar-refractivity contribution is -0.274. The quantitative estimate of drug-likeness (QED) is 0.652. The van der Waals surface area contributed by atoms with E-state index in [2.05, 4.69) is 15.4 Å². The van der Waals surface area contributed by atoms with E-state index in [0.29, 0.717) is 5.56 Å². The maximum Gasteiger partial charge on any atom is 0.573 e. The summed E-state index contributed by atoms with van der Waals surface area (Å²) in [6.45, 7) is 0.133. The Morgan fingerprint density at radius 3 is 2.29 bits per heavy atom. The van der Waals surface area contributed by atoms with Gasteiger partial charge < -0.3 is 9.64 Å². The van der Waals surface area contributed by atoms with Gasteiger partial charge in [-0.1, -0.05) is 6.07 Å². The number of halogens is 3. The zero-order valence-corrected chi connectivity index (χ0v) is 17.3. The lowest BCUT2D eigenvalue weighted by Crippen LogP contribution is -2.52. The molecule has 2 heterocycles. The molecule has 1 saturated heterocycles. The van der Waals surface area contributed by atoms with Gasteiger partial charge in [-0.05, 0) is 48.4 Å². The maximum atomic E-state index is 12.8. The van der Waals surface area contributed by atoms with Crippen molar-refractivity contribution >= 4 is 29.5 Å². The Kier molecular flexibility index (Phi) is 5.82. The molecule has 2 aromatic carbocycles. The number of hydrogen-bond acceptors (Lipinski definition) is 6. The molecule has 0 aromatic heterocycles. The van der Waals surface area contributed by atoms with Crippen LogP contribution in [0.25, 0.3) is 0 Å². The molecular formula is C22H16F3N3O6. The molecule has 9 nitrogen and oxygen atoms in total. The van der Waals surface area contributed by atoms with Gasteiger partial charge in [0.25, 0.3) is 17.7 Å². The fourth-order valence-corrected chi connectivity index (χ4v) is 3.75. The van der Waals surface area contributed by atoms with E-state index in [1.165, 1.54) is 23.1 Å². The number of rotatable bonds is 4. The van der Waals surface area contributed by atoms with Crippen molar-refractivity contribution in [3.05, 3.63) is 64.7 Å². The molecule has 0 radical (unpaired) electrons. The smallest absolute Gasteiger partial charge is 0.406 e. The van der Waals surface area contributed by atoms with Crippen LogP contribution in [0.5, 0.6) is 5.75 Å². The molecule has 1 atom stereocenters. The van der Waals surface area contributed by atoms with Crippen LogP contribution in [-0.4, -0.2) is 46.8 Å². The molecule has 2 aliphatic rings. The predicted octanol–water partition coefficient (Wildman–Crippen LogP) is 1.92. The highest BCUT2D eigenvalue weighted by atomic mass is 19.4. The molecule has 0 spiro atoms. The zero-order chi connectivity index (χ0) is 24.6. The van der Waals surface area contributed by atoms with Gasteiger partial charge >= 0.3 is 6.36 Å². The van der Waals surface area contributed by atoms with Gasteiger partial charge in [0, 0.05) is 29.7 Å². The summed E-state index contributed by atoms with van der Waals surface area (Å²) in [5.41, 5.74) is 0.697. The Hall–Kier alpha value is -4.22. The van der Waals surface area contributed by atoms with Crippen LogP contribution >= 0.6 is 0 Å². The van der Waals surface area contributed by atoms with Crippen molar-refractivity contribution in [1.82, 2.24) is 15.5 Å². The summed E-state index contributed by atoms with van der Waals surface area (Å²) >= 11 is 0. The van der Waals surface area contributed by atoms with E-state index in [1.54, 1.807) is 0 Å². The molecular weight excluding hydrogens is 459 g/mol. The Balaban J connectivity index is 1.44. The van der Waals surface area contributed by atoms with E-state index in [-0.39, 0.29) is 36.1 Å². The second kappa shape index (κ2) is 8.61. The number of nitrogens with one attached hydrogen (secondary N) is 2. The minimum atomic E-state index is -4.88. The number of ether oxygens (including phenoxy) is 1. The Morgan fingerprint density at radius 1 is 1.00 bits per heavy atom. The van der Waals surface area contributed by atoms with E-state index in [1.807, 2.05) is 0 Å². The van der Waals surface area contributed by atoms with Crippen LogP contribution < -0.4 is 15.4 Å². The number of fused-ring (bicyclic) bond motifs is 1. The number of piperidine rings is 1. The number of carbonyl (C=O) groups excluding carboxylic acids is 5. The third-order valence-electron chi connectivity index (χ3n) is 5.37. The van der Waals surface area contributed by atoms with Gasteiger partial charge in [-0.3, -0.25) is 34.6 Å². The van der Waals surface area contributed by atoms with E-state index in [9.17, 15) is 37.1 Å². The molecule has 176 valence electrons. The molecule has 2 aromatic rings. The van der Waals surface area contributed by atoms with Crippen molar-refractivity contribution in [2.75, 3.05) is 0 Å². The van der Waals surface area contributed by atoms with Crippen molar-refractivity contribution in [2.24, 2.45) is 0 Å². The lowest BCUT2D eigenvalue weighted by Gasteiger charge is -2.29. The largest absolute Gasteiger partial charge is 0.573 e. The summed E-state index contributed by atoms with van der Waals surface area (Å²) in [4.78, 5) is 62.5. The summed E-state index contributed by atoms with van der Waals surface area (Å²) in [5.74, 6) is -3.65. The lowest BCUT2D eigenvalue weighted by atomic mass is 10.0. The maximum absolute atomic E-state index is 12.8. The van der Waals surface area contributed by atoms with Crippen molar-refractivity contribution in [1.29, 1.82) is 0 Å². The van der Waals surface area contributed by atoms with Gasteiger partial charge in [0.1, 0.15) is 11.8 Å². The first-order valence-electron chi connectivity index (χ1n) is 10.0. The standard InChI is InChI=1S/C22H16F3N3O6/c23-22(24,25)34-14-5-3-11(4-6-14)18(30)27-19(31)12-1-2-13-10-28(21(33)15(13)9-12)16-7-8-17(29)26-20(16)32/h1-6,9,16H,7-8,10H2,(H,26,29,32)(H,27,30,31). The highest BCUT2D eigenvalue weighted by Gasteiger charge is 2.39. The third kappa shape index (κ3) is 4.75. The molecule has 4 rings (SSSR count). The first-order valence-corrected chi connectivity index (χ1v) is 10.0. The molecule has 2 N–H and O–H groups in total. The highest BCUT2D eigenvalue weighted by molar-refractivity contribution is 6.12. The minimum absolute atomic E-state index is 0.00241. The Morgan fingerprint density at radius 2 is 1.65 bits per heavy atom. The number of alkyl halides is 3. The molecule has 2 aliphatic heterocycles. The van der Waals surface area contributed by atoms with Gasteiger partial charge in [0.05, 0.1) is 0 Å². The first kappa shape index (κ1) is 23.0. The van der Waals surface area contributed by atoms with E-state index in [0.717, 1.165) is 24.3 Å². The summed E-state index contributed by atoms with van der Waals surface area (Å²) in [7, 11) is 0. The zero-order valence-electron chi connectivity index (χ0n) is 17.3. The van der Waals surface area contributed by atoms with Crippen LogP contribution in [0.2, 0.25) is 0 Å². The molecule has 1 unspecified atom stereocenters. The van der Waals surface area contributed by atoms with E-state index < -0.39 is 47.7 Å². The fraction of sp³-hybridized carbons (Fsp3) is 0.227. The topological polar surface area (TPSA) is 122 Å². The second-order valence-corrected chi connectivity index (χ2v) is 7.63. The number of carbonyl (C=O) groups is 5. The van der Waals surface area contributed by atoms with E-state index in [4.69, 9.17) is 0 Å². The van der Waals surface area contributed by atoms with Crippen molar-refractivity contribution < 1.29 is 41.9 Å². The molecule has 0 aliphatic carbocycles. The molecule has 5 amide bonds.